The zero-order chi connectivity index (χ0) is 20.7. The van der Waals surface area contributed by atoms with E-state index in [1.54, 1.807) is 0 Å². The Bertz CT molecular complexity index is 1210. The smallest absolute Gasteiger partial charge is 0.278 e. The number of fused-ring (bicyclic) bond motifs is 1. The number of nitrogens with zero attached hydrogens (tertiary/aromatic N) is 5. The number of hydrogen-bond donors (Lipinski definition) is 0. The van der Waals surface area contributed by atoms with Gasteiger partial charge in [-0.3, -0.25) is 9.48 Å². The summed E-state index contributed by atoms with van der Waals surface area (Å²) >= 11 is 1.49. The van der Waals surface area contributed by atoms with E-state index in [4.69, 9.17) is 4.52 Å². The van der Waals surface area contributed by atoms with E-state index in [1.165, 1.54) is 11.3 Å². The average Bonchev–Trinajstić information content (AvgIpc) is 3.47. The molecule has 0 unspecified atom stereocenters. The van der Waals surface area contributed by atoms with Crippen molar-refractivity contribution in [1.82, 2.24) is 24.8 Å². The topological polar surface area (TPSA) is 77.1 Å². The molecule has 0 bridgehead atoms. The number of rotatable bonds is 4. The lowest BCUT2D eigenvalue weighted by Gasteiger charge is -2.27. The van der Waals surface area contributed by atoms with Crippen molar-refractivity contribution in [2.45, 2.75) is 26.3 Å². The third-order valence-electron chi connectivity index (χ3n) is 5.46. The predicted molar refractivity (Wildman–Crippen MR) is 113 cm³/mol. The molecule has 0 radical (unpaired) electrons. The van der Waals surface area contributed by atoms with Gasteiger partial charge in [-0.1, -0.05) is 35.5 Å². The molecule has 7 nitrogen and oxygen atoms in total. The van der Waals surface area contributed by atoms with Gasteiger partial charge in [0.25, 0.3) is 11.8 Å². The fraction of sp³-hybridized carbons (Fsp3) is 0.273. The molecule has 1 aliphatic rings. The minimum absolute atomic E-state index is 0.0678. The van der Waals surface area contributed by atoms with E-state index in [0.29, 0.717) is 36.9 Å². The third kappa shape index (κ3) is 3.33. The van der Waals surface area contributed by atoms with Crippen molar-refractivity contribution >= 4 is 17.2 Å². The molecule has 0 fully saturated rings. The van der Waals surface area contributed by atoms with Crippen LogP contribution in [0.5, 0.6) is 0 Å². The molecule has 1 amide bonds. The van der Waals surface area contributed by atoms with Crippen LogP contribution >= 0.6 is 11.3 Å². The molecule has 0 saturated heterocycles. The number of carbonyl (C=O) groups excluding carboxylic acids is 1. The van der Waals surface area contributed by atoms with Gasteiger partial charge >= 0.3 is 0 Å². The summed E-state index contributed by atoms with van der Waals surface area (Å²) in [5.74, 6) is 1.09. The standard InChI is InChI=1S/C22H21N5O2S/c1-14-9-11-30-20(14)22(28)27-10-8-17-16(13-27)19(24-26(17)2)21-23-18(25-29-21)12-15-6-4-3-5-7-15/h3-7,9,11H,8,10,12-13H2,1-2H3. The molecule has 4 heterocycles. The number of hydrogen-bond acceptors (Lipinski definition) is 6. The number of amides is 1. The first-order valence-corrected chi connectivity index (χ1v) is 10.7. The first kappa shape index (κ1) is 18.7. The Morgan fingerprint density at radius 1 is 1.23 bits per heavy atom. The van der Waals surface area contributed by atoms with Crippen molar-refractivity contribution in [3.8, 4) is 11.6 Å². The Balaban J connectivity index is 1.42. The minimum atomic E-state index is 0.0678. The van der Waals surface area contributed by atoms with Crippen molar-refractivity contribution in [2.24, 2.45) is 7.05 Å². The Labute approximate surface area is 178 Å². The molecule has 0 aliphatic carbocycles. The number of carbonyl (C=O) groups is 1. The van der Waals surface area contributed by atoms with Gasteiger partial charge in [-0.25, -0.2) is 0 Å². The van der Waals surface area contributed by atoms with Crippen molar-refractivity contribution in [2.75, 3.05) is 6.54 Å². The highest BCUT2D eigenvalue weighted by molar-refractivity contribution is 7.12. The summed E-state index contributed by atoms with van der Waals surface area (Å²) in [7, 11) is 1.92. The Morgan fingerprint density at radius 3 is 2.83 bits per heavy atom. The van der Waals surface area contributed by atoms with Crippen LogP contribution in [0.15, 0.2) is 46.3 Å². The van der Waals surface area contributed by atoms with Crippen molar-refractivity contribution in [1.29, 1.82) is 0 Å². The monoisotopic (exact) mass is 419 g/mol. The quantitative estimate of drug-likeness (QED) is 0.505. The summed E-state index contributed by atoms with van der Waals surface area (Å²) < 4.78 is 7.42. The van der Waals surface area contributed by atoms with Crippen LogP contribution in [0.4, 0.5) is 0 Å². The normalized spacial score (nSPS) is 13.5. The summed E-state index contributed by atoms with van der Waals surface area (Å²) in [6, 6.07) is 12.0. The second kappa shape index (κ2) is 7.53. The lowest BCUT2D eigenvalue weighted by molar-refractivity contribution is 0.0738. The lowest BCUT2D eigenvalue weighted by atomic mass is 10.0. The third-order valence-corrected chi connectivity index (χ3v) is 6.47. The van der Waals surface area contributed by atoms with Gasteiger partial charge in [0.1, 0.15) is 0 Å². The molecule has 30 heavy (non-hydrogen) atoms. The highest BCUT2D eigenvalue weighted by Crippen LogP contribution is 2.30. The van der Waals surface area contributed by atoms with Crippen LogP contribution in [-0.2, 0) is 26.4 Å². The number of thiophene rings is 1. The van der Waals surface area contributed by atoms with Crippen LogP contribution in [-0.4, -0.2) is 37.3 Å². The van der Waals surface area contributed by atoms with E-state index >= 15 is 0 Å². The average molecular weight is 420 g/mol. The summed E-state index contributed by atoms with van der Waals surface area (Å²) in [4.78, 5) is 20.3. The van der Waals surface area contributed by atoms with E-state index in [9.17, 15) is 4.79 Å². The first-order valence-electron chi connectivity index (χ1n) is 9.85. The van der Waals surface area contributed by atoms with Gasteiger partial charge in [-0.2, -0.15) is 10.1 Å². The first-order chi connectivity index (χ1) is 14.6. The van der Waals surface area contributed by atoms with E-state index in [-0.39, 0.29) is 5.91 Å². The predicted octanol–water partition coefficient (Wildman–Crippen LogP) is 3.63. The molecule has 0 atom stereocenters. The summed E-state index contributed by atoms with van der Waals surface area (Å²) in [5.41, 5.74) is 4.90. The van der Waals surface area contributed by atoms with E-state index in [2.05, 4.69) is 15.2 Å². The molecule has 8 heteroatoms. The van der Waals surface area contributed by atoms with E-state index < -0.39 is 0 Å². The Hall–Kier alpha value is -3.26. The van der Waals surface area contributed by atoms with Crippen molar-refractivity contribution in [3.05, 3.63) is 74.9 Å². The van der Waals surface area contributed by atoms with Crippen LogP contribution in [0.2, 0.25) is 0 Å². The molecule has 0 spiro atoms. The van der Waals surface area contributed by atoms with Gasteiger partial charge < -0.3 is 9.42 Å². The highest BCUT2D eigenvalue weighted by Gasteiger charge is 2.30. The van der Waals surface area contributed by atoms with Gasteiger partial charge in [0.2, 0.25) is 0 Å². The Kier molecular flexibility index (Phi) is 4.71. The SMILES string of the molecule is Cc1ccsc1C(=O)N1CCc2c(c(-c3nc(Cc4ccccc4)no3)nn2C)C1. The minimum Gasteiger partial charge on any atom is -0.333 e. The molecule has 1 aliphatic heterocycles. The van der Waals surface area contributed by atoms with Crippen molar-refractivity contribution in [3.63, 3.8) is 0 Å². The molecule has 3 aromatic heterocycles. The van der Waals surface area contributed by atoms with Crippen LogP contribution in [0, 0.1) is 6.92 Å². The van der Waals surface area contributed by atoms with Crippen molar-refractivity contribution < 1.29 is 9.32 Å². The molecule has 0 saturated carbocycles. The van der Waals surface area contributed by atoms with Gasteiger partial charge in [-0.05, 0) is 29.5 Å². The Morgan fingerprint density at radius 2 is 2.07 bits per heavy atom. The maximum atomic E-state index is 13.0. The second-order valence-corrected chi connectivity index (χ2v) is 8.40. The number of benzene rings is 1. The molecule has 0 N–H and O–H groups in total. The van der Waals surface area contributed by atoms with E-state index in [0.717, 1.165) is 33.7 Å². The maximum Gasteiger partial charge on any atom is 0.278 e. The molecular weight excluding hydrogens is 398 g/mol. The van der Waals surface area contributed by atoms with Crippen LogP contribution in [0.1, 0.15) is 37.9 Å². The summed E-state index contributed by atoms with van der Waals surface area (Å²) in [6.45, 7) is 3.14. The second-order valence-electron chi connectivity index (χ2n) is 7.49. The number of aromatic nitrogens is 4. The highest BCUT2D eigenvalue weighted by atomic mass is 32.1. The maximum absolute atomic E-state index is 13.0. The van der Waals surface area contributed by atoms with Gasteiger partial charge in [0.15, 0.2) is 11.5 Å². The molecule has 5 rings (SSSR count). The zero-order valence-corrected chi connectivity index (χ0v) is 17.6. The fourth-order valence-corrected chi connectivity index (χ4v) is 4.77. The van der Waals surface area contributed by atoms with E-state index in [1.807, 2.05) is 65.3 Å². The number of aryl methyl sites for hydroxylation is 2. The van der Waals surface area contributed by atoms with Gasteiger partial charge in [-0.15, -0.1) is 11.3 Å². The molecular formula is C22H21N5O2S. The van der Waals surface area contributed by atoms with Crippen LogP contribution in [0.3, 0.4) is 0 Å². The van der Waals surface area contributed by atoms with Gasteiger partial charge in [0.05, 0.1) is 11.4 Å². The summed E-state index contributed by atoms with van der Waals surface area (Å²) in [5, 5.41) is 10.7. The molecule has 152 valence electrons. The lowest BCUT2D eigenvalue weighted by Crippen LogP contribution is -2.36. The van der Waals surface area contributed by atoms with Gasteiger partial charge in [0, 0.05) is 37.7 Å². The largest absolute Gasteiger partial charge is 0.333 e. The summed E-state index contributed by atoms with van der Waals surface area (Å²) in [6.07, 6.45) is 1.35. The fourth-order valence-electron chi connectivity index (χ4n) is 3.87. The molecule has 1 aromatic carbocycles. The zero-order valence-electron chi connectivity index (χ0n) is 16.8. The van der Waals surface area contributed by atoms with Crippen LogP contribution in [0.25, 0.3) is 11.6 Å². The molecule has 4 aromatic rings. The van der Waals surface area contributed by atoms with Crippen LogP contribution < -0.4 is 0 Å².